The number of fused-ring (bicyclic) bond motifs is 1. The fraction of sp³-hybridized carbons (Fsp3) is 0.333. The van der Waals surface area contributed by atoms with Crippen LogP contribution in [0.25, 0.3) is 0 Å². The summed E-state index contributed by atoms with van der Waals surface area (Å²) in [5.41, 5.74) is 7.33. The van der Waals surface area contributed by atoms with Crippen molar-refractivity contribution in [2.45, 2.75) is 13.2 Å². The Morgan fingerprint density at radius 2 is 2.40 bits per heavy atom. The summed E-state index contributed by atoms with van der Waals surface area (Å²) in [6, 6.07) is 0. The lowest BCUT2D eigenvalue weighted by molar-refractivity contribution is 0.133. The largest absolute Gasteiger partial charge is 0.370 e. The summed E-state index contributed by atoms with van der Waals surface area (Å²) in [4.78, 5) is 7.83. The molecule has 1 aliphatic heterocycles. The molecule has 4 heteroatoms. The molecule has 0 aromatic carbocycles. The zero-order valence-corrected chi connectivity index (χ0v) is 5.37. The molecular formula is C6H7N3O. The molecule has 52 valence electrons. The number of nitrogens with zero attached hydrogens (tertiary/aromatic N) is 2. The average molecular weight is 137 g/mol. The van der Waals surface area contributed by atoms with Gasteiger partial charge in [0.15, 0.2) is 0 Å². The standard InChI is InChI=1S/C6H7N3O/c7-6-8-1-4-2-10-3-5(4)9-6/h1H,2-3H2,(H2,7,8,9). The van der Waals surface area contributed by atoms with Crippen molar-refractivity contribution < 1.29 is 4.74 Å². The summed E-state index contributed by atoms with van der Waals surface area (Å²) in [5, 5.41) is 0. The third-order valence-corrected chi connectivity index (χ3v) is 1.47. The van der Waals surface area contributed by atoms with Crippen molar-refractivity contribution in [2.24, 2.45) is 0 Å². The van der Waals surface area contributed by atoms with E-state index in [1.165, 1.54) is 0 Å². The van der Waals surface area contributed by atoms with E-state index in [4.69, 9.17) is 10.5 Å². The predicted molar refractivity (Wildman–Crippen MR) is 34.9 cm³/mol. The average Bonchev–Trinajstić information content (AvgIpc) is 2.33. The van der Waals surface area contributed by atoms with Gasteiger partial charge in [0, 0.05) is 11.8 Å². The Hall–Kier alpha value is -1.16. The molecule has 0 fully saturated rings. The van der Waals surface area contributed by atoms with Gasteiger partial charge in [-0.3, -0.25) is 0 Å². The molecule has 0 radical (unpaired) electrons. The number of aromatic nitrogens is 2. The van der Waals surface area contributed by atoms with Gasteiger partial charge in [-0.1, -0.05) is 0 Å². The first kappa shape index (κ1) is 5.61. The molecule has 0 aliphatic carbocycles. The molecule has 0 saturated carbocycles. The molecule has 1 aliphatic rings. The van der Waals surface area contributed by atoms with Crippen LogP contribution in [-0.2, 0) is 18.0 Å². The highest BCUT2D eigenvalue weighted by Gasteiger charge is 2.12. The maximum atomic E-state index is 5.35. The molecular weight excluding hydrogens is 130 g/mol. The van der Waals surface area contributed by atoms with Crippen LogP contribution in [0.2, 0.25) is 0 Å². The molecule has 0 spiro atoms. The lowest BCUT2D eigenvalue weighted by Gasteiger charge is -1.93. The quantitative estimate of drug-likeness (QED) is 0.550. The number of nitrogen functional groups attached to an aromatic ring is 1. The van der Waals surface area contributed by atoms with Gasteiger partial charge < -0.3 is 10.5 Å². The molecule has 2 N–H and O–H groups in total. The number of hydrogen-bond donors (Lipinski definition) is 1. The van der Waals surface area contributed by atoms with Crippen LogP contribution in [0.1, 0.15) is 11.3 Å². The molecule has 10 heavy (non-hydrogen) atoms. The van der Waals surface area contributed by atoms with Gasteiger partial charge in [0.05, 0.1) is 18.9 Å². The van der Waals surface area contributed by atoms with Crippen molar-refractivity contribution in [3.8, 4) is 0 Å². The maximum Gasteiger partial charge on any atom is 0.220 e. The monoisotopic (exact) mass is 137 g/mol. The van der Waals surface area contributed by atoms with Crippen LogP contribution in [0.15, 0.2) is 6.20 Å². The zero-order valence-electron chi connectivity index (χ0n) is 5.37. The van der Waals surface area contributed by atoms with Gasteiger partial charge in [-0.15, -0.1) is 0 Å². The molecule has 0 amide bonds. The zero-order chi connectivity index (χ0) is 6.97. The lowest BCUT2D eigenvalue weighted by Crippen LogP contribution is -1.97. The second kappa shape index (κ2) is 1.91. The van der Waals surface area contributed by atoms with E-state index in [1.807, 2.05) is 0 Å². The topological polar surface area (TPSA) is 61.0 Å². The summed E-state index contributed by atoms with van der Waals surface area (Å²) in [6.07, 6.45) is 1.71. The van der Waals surface area contributed by atoms with Crippen LogP contribution in [0.4, 0.5) is 5.95 Å². The Morgan fingerprint density at radius 1 is 1.50 bits per heavy atom. The summed E-state index contributed by atoms with van der Waals surface area (Å²) in [6.45, 7) is 1.19. The number of anilines is 1. The fourth-order valence-electron chi connectivity index (χ4n) is 0.961. The molecule has 0 unspecified atom stereocenters. The van der Waals surface area contributed by atoms with Crippen LogP contribution < -0.4 is 5.73 Å². The van der Waals surface area contributed by atoms with Gasteiger partial charge >= 0.3 is 0 Å². The molecule has 2 rings (SSSR count). The van der Waals surface area contributed by atoms with E-state index in [-0.39, 0.29) is 0 Å². The number of rotatable bonds is 0. The van der Waals surface area contributed by atoms with E-state index < -0.39 is 0 Å². The van der Waals surface area contributed by atoms with Crippen molar-refractivity contribution in [3.05, 3.63) is 17.5 Å². The minimum absolute atomic E-state index is 0.323. The van der Waals surface area contributed by atoms with Crippen LogP contribution in [0.5, 0.6) is 0 Å². The molecule has 2 heterocycles. The molecule has 4 nitrogen and oxygen atoms in total. The van der Waals surface area contributed by atoms with E-state index in [9.17, 15) is 0 Å². The number of ether oxygens (including phenoxy) is 1. The number of hydrogen-bond acceptors (Lipinski definition) is 4. The van der Waals surface area contributed by atoms with E-state index in [1.54, 1.807) is 6.20 Å². The third-order valence-electron chi connectivity index (χ3n) is 1.47. The highest BCUT2D eigenvalue weighted by atomic mass is 16.5. The van der Waals surface area contributed by atoms with Crippen molar-refractivity contribution in [1.82, 2.24) is 9.97 Å². The Balaban J connectivity index is 2.52. The Bertz CT molecular complexity index is 261. The first-order valence-electron chi connectivity index (χ1n) is 3.04. The molecule has 1 aromatic heterocycles. The van der Waals surface area contributed by atoms with Gasteiger partial charge in [0.25, 0.3) is 0 Å². The van der Waals surface area contributed by atoms with Crippen molar-refractivity contribution in [1.29, 1.82) is 0 Å². The third kappa shape index (κ3) is 0.733. The minimum Gasteiger partial charge on any atom is -0.370 e. The van der Waals surface area contributed by atoms with Crippen molar-refractivity contribution in [2.75, 3.05) is 5.73 Å². The Kier molecular flexibility index (Phi) is 1.07. The van der Waals surface area contributed by atoms with E-state index in [0.29, 0.717) is 19.2 Å². The first-order valence-corrected chi connectivity index (χ1v) is 3.04. The number of nitrogens with two attached hydrogens (primary N) is 1. The van der Waals surface area contributed by atoms with Crippen LogP contribution >= 0.6 is 0 Å². The van der Waals surface area contributed by atoms with Crippen LogP contribution in [-0.4, -0.2) is 9.97 Å². The Labute approximate surface area is 58.0 Å². The lowest BCUT2D eigenvalue weighted by atomic mass is 10.3. The second-order valence-electron chi connectivity index (χ2n) is 2.19. The SMILES string of the molecule is Nc1ncc2c(n1)COC2. The minimum atomic E-state index is 0.323. The van der Waals surface area contributed by atoms with Crippen molar-refractivity contribution in [3.63, 3.8) is 0 Å². The summed E-state index contributed by atoms with van der Waals surface area (Å²) in [5.74, 6) is 0.323. The highest BCUT2D eigenvalue weighted by molar-refractivity contribution is 5.25. The second-order valence-corrected chi connectivity index (χ2v) is 2.19. The highest BCUT2D eigenvalue weighted by Crippen LogP contribution is 2.16. The predicted octanol–water partition coefficient (Wildman–Crippen LogP) is 0.0890. The first-order chi connectivity index (χ1) is 4.86. The van der Waals surface area contributed by atoms with Gasteiger partial charge in [-0.05, 0) is 0 Å². The fourth-order valence-corrected chi connectivity index (χ4v) is 0.961. The smallest absolute Gasteiger partial charge is 0.220 e. The normalized spacial score (nSPS) is 15.2. The maximum absolute atomic E-state index is 5.35. The van der Waals surface area contributed by atoms with Crippen molar-refractivity contribution >= 4 is 5.95 Å². The molecule has 0 atom stereocenters. The van der Waals surface area contributed by atoms with E-state index in [0.717, 1.165) is 11.3 Å². The van der Waals surface area contributed by atoms with Crippen LogP contribution in [0, 0.1) is 0 Å². The van der Waals surface area contributed by atoms with E-state index >= 15 is 0 Å². The summed E-state index contributed by atoms with van der Waals surface area (Å²) < 4.78 is 5.11. The molecule has 1 aromatic rings. The van der Waals surface area contributed by atoms with Gasteiger partial charge in [-0.2, -0.15) is 0 Å². The van der Waals surface area contributed by atoms with Gasteiger partial charge in [0.1, 0.15) is 0 Å². The molecule has 0 bridgehead atoms. The Morgan fingerprint density at radius 3 is 3.30 bits per heavy atom. The molecule has 0 saturated heterocycles. The van der Waals surface area contributed by atoms with Gasteiger partial charge in [-0.25, -0.2) is 9.97 Å². The summed E-state index contributed by atoms with van der Waals surface area (Å²) >= 11 is 0. The van der Waals surface area contributed by atoms with Crippen LogP contribution in [0.3, 0.4) is 0 Å². The summed E-state index contributed by atoms with van der Waals surface area (Å²) in [7, 11) is 0. The van der Waals surface area contributed by atoms with E-state index in [2.05, 4.69) is 9.97 Å². The van der Waals surface area contributed by atoms with Gasteiger partial charge in [0.2, 0.25) is 5.95 Å².